The van der Waals surface area contributed by atoms with Crippen molar-refractivity contribution in [3.63, 3.8) is 0 Å². The third-order valence-corrected chi connectivity index (χ3v) is 35.3. The van der Waals surface area contributed by atoms with Gasteiger partial charge in [0, 0.05) is 0 Å². The van der Waals surface area contributed by atoms with E-state index in [0.717, 1.165) is 41.1 Å². The van der Waals surface area contributed by atoms with Crippen LogP contribution in [0, 0.1) is 10.8 Å². The predicted molar refractivity (Wildman–Crippen MR) is 161 cm³/mol. The molecule has 8 saturated carbocycles. The summed E-state index contributed by atoms with van der Waals surface area (Å²) in [4.78, 5) is 0. The lowest BCUT2D eigenvalue weighted by Crippen LogP contribution is -2.26. The van der Waals surface area contributed by atoms with E-state index >= 15 is 0 Å². The van der Waals surface area contributed by atoms with E-state index in [0.29, 0.717) is 0 Å². The second-order valence-electron chi connectivity index (χ2n) is 19.5. The zero-order valence-corrected chi connectivity index (χ0v) is 31.0. The average molecular weight is 535 g/mol. The molecule has 0 N–H and O–H groups in total. The molecule has 8 aliphatic carbocycles. The van der Waals surface area contributed by atoms with E-state index in [1.54, 1.807) is 0 Å². The van der Waals surface area contributed by atoms with Gasteiger partial charge in [-0.25, -0.2) is 0 Å². The number of hydrogen-bond donors (Lipinski definition) is 0. The van der Waals surface area contributed by atoms with Gasteiger partial charge in [-0.05, 0) is 41.1 Å². The first-order chi connectivity index (χ1) is 13.8. The number of hydrogen-bond acceptors (Lipinski definition) is 0. The van der Waals surface area contributed by atoms with E-state index < -0.39 is 48.4 Å². The number of rotatable bonds is 7. The molecule has 8 aliphatic rings. The molecule has 8 fully saturated rings. The topological polar surface area (TPSA) is 0 Å². The van der Waals surface area contributed by atoms with E-state index in [4.69, 9.17) is 0 Å². The summed E-state index contributed by atoms with van der Waals surface area (Å²) in [6.45, 7) is 50.9. The van der Waals surface area contributed by atoms with E-state index in [1.807, 2.05) is 0 Å². The fourth-order valence-electron chi connectivity index (χ4n) is 15.9. The van der Waals surface area contributed by atoms with Crippen molar-refractivity contribution in [2.75, 3.05) is 0 Å². The summed E-state index contributed by atoms with van der Waals surface area (Å²) in [6.07, 6.45) is 0. The fraction of sp³-hybridized carbons (Fsp3) is 1.00. The molecule has 0 aromatic carbocycles. The Hall–Kier alpha value is 1.30. The molecule has 0 spiro atoms. The highest BCUT2D eigenvalue weighted by Crippen LogP contribution is 3.67. The molecular formula is C26H54Si6. The van der Waals surface area contributed by atoms with Crippen LogP contribution in [0.1, 0.15) is 0 Å². The molecule has 0 heterocycles. The molecule has 0 nitrogen and oxygen atoms in total. The SMILES string of the molecule is C[Si](C)(C)C12C3(C45C6([Si](C)(C)C)C4([Si](C)(C)C)C56[Si](C)(C)C)C1([Si](C)(C)C)C32[Si](C)(C)C. The van der Waals surface area contributed by atoms with Gasteiger partial charge in [-0.15, -0.1) is 0 Å². The maximum absolute atomic E-state index is 2.83. The lowest BCUT2D eigenvalue weighted by atomic mass is 10.2. The molecule has 0 radical (unpaired) electrons. The van der Waals surface area contributed by atoms with Gasteiger partial charge in [0.15, 0.2) is 0 Å². The zero-order valence-electron chi connectivity index (χ0n) is 25.0. The van der Waals surface area contributed by atoms with Crippen LogP contribution in [0.25, 0.3) is 0 Å². The van der Waals surface area contributed by atoms with Crippen molar-refractivity contribution < 1.29 is 0 Å². The molecule has 0 atom stereocenters. The first kappa shape index (κ1) is 23.7. The summed E-state index contributed by atoms with van der Waals surface area (Å²) in [6, 6.07) is 0. The molecule has 0 aromatic rings. The molecular weight excluding hydrogens is 481 g/mol. The molecule has 0 aliphatic heterocycles. The van der Waals surface area contributed by atoms with E-state index in [2.05, 4.69) is 118 Å². The van der Waals surface area contributed by atoms with Crippen LogP contribution in [0.2, 0.25) is 148 Å². The van der Waals surface area contributed by atoms with Gasteiger partial charge in [0.25, 0.3) is 0 Å². The van der Waals surface area contributed by atoms with Gasteiger partial charge in [0.2, 0.25) is 0 Å². The first-order valence-corrected chi connectivity index (χ1v) is 34.8. The Morgan fingerprint density at radius 1 is 0.219 bits per heavy atom. The van der Waals surface area contributed by atoms with Crippen molar-refractivity contribution in [3.8, 4) is 0 Å². The van der Waals surface area contributed by atoms with Crippen LogP contribution in [0.3, 0.4) is 0 Å². The molecule has 0 saturated heterocycles. The van der Waals surface area contributed by atoms with Crippen LogP contribution < -0.4 is 0 Å². The maximum Gasteiger partial charge on any atom is 0.0520 e. The summed E-state index contributed by atoms with van der Waals surface area (Å²) >= 11 is 0. The van der Waals surface area contributed by atoms with E-state index in [1.165, 1.54) is 0 Å². The first-order valence-electron chi connectivity index (χ1n) is 13.8. The normalized spacial score (nSPS) is 58.7. The van der Waals surface area contributed by atoms with Gasteiger partial charge < -0.3 is 0 Å². The van der Waals surface area contributed by atoms with Crippen molar-refractivity contribution in [2.45, 2.75) is 148 Å². The van der Waals surface area contributed by atoms with Gasteiger partial charge in [-0.3, -0.25) is 0 Å². The minimum atomic E-state index is -1.26. The van der Waals surface area contributed by atoms with Gasteiger partial charge >= 0.3 is 0 Å². The second-order valence-corrected chi connectivity index (χ2v) is 51.0. The van der Waals surface area contributed by atoms with Gasteiger partial charge in [0.1, 0.15) is 0 Å². The average Bonchev–Trinajstić information content (AvgIpc) is 3.24. The highest BCUT2D eigenvalue weighted by molar-refractivity contribution is 7.10. The van der Waals surface area contributed by atoms with Crippen LogP contribution in [0.15, 0.2) is 0 Å². The van der Waals surface area contributed by atoms with Gasteiger partial charge in [0.05, 0.1) is 48.4 Å². The van der Waals surface area contributed by atoms with Crippen LogP contribution in [0.5, 0.6) is 0 Å². The van der Waals surface area contributed by atoms with E-state index in [-0.39, 0.29) is 0 Å². The van der Waals surface area contributed by atoms with Crippen molar-refractivity contribution in [2.24, 2.45) is 10.8 Å². The molecule has 0 unspecified atom stereocenters. The smallest absolute Gasteiger partial charge is 0.0520 e. The quantitative estimate of drug-likeness (QED) is 0.285. The molecule has 182 valence electrons. The van der Waals surface area contributed by atoms with Gasteiger partial charge in [-0.1, -0.05) is 118 Å². The second kappa shape index (κ2) is 4.35. The molecule has 32 heavy (non-hydrogen) atoms. The zero-order chi connectivity index (χ0) is 25.0. The lowest BCUT2D eigenvalue weighted by Gasteiger charge is -2.20. The van der Waals surface area contributed by atoms with Crippen molar-refractivity contribution in [3.05, 3.63) is 0 Å². The van der Waals surface area contributed by atoms with Crippen LogP contribution in [-0.2, 0) is 0 Å². The Morgan fingerprint density at radius 3 is 0.375 bits per heavy atom. The molecule has 0 bridgehead atoms. The molecule has 6 heteroatoms. The van der Waals surface area contributed by atoms with Crippen molar-refractivity contribution in [1.29, 1.82) is 0 Å². The minimum absolute atomic E-state index is 0.847. The molecule has 0 aromatic heterocycles. The monoisotopic (exact) mass is 534 g/mol. The summed E-state index contributed by atoms with van der Waals surface area (Å²) in [7, 11) is -7.58. The summed E-state index contributed by atoms with van der Waals surface area (Å²) in [5, 5.41) is 5.16. The molecule has 8 rings (SSSR count). The Balaban J connectivity index is 1.69. The summed E-state index contributed by atoms with van der Waals surface area (Å²) in [5.41, 5.74) is 1.69. The van der Waals surface area contributed by atoms with Crippen LogP contribution in [-0.4, -0.2) is 48.4 Å². The Morgan fingerprint density at radius 2 is 0.312 bits per heavy atom. The minimum Gasteiger partial charge on any atom is -0.0691 e. The Labute approximate surface area is 206 Å². The highest BCUT2D eigenvalue weighted by atomic mass is 28.3. The van der Waals surface area contributed by atoms with Crippen molar-refractivity contribution >= 4 is 48.4 Å². The summed E-state index contributed by atoms with van der Waals surface area (Å²) in [5.74, 6) is 0. The van der Waals surface area contributed by atoms with E-state index in [9.17, 15) is 0 Å². The van der Waals surface area contributed by atoms with Gasteiger partial charge in [-0.2, -0.15) is 0 Å². The largest absolute Gasteiger partial charge is 0.0691 e. The maximum atomic E-state index is 2.83. The van der Waals surface area contributed by atoms with Crippen molar-refractivity contribution in [1.82, 2.24) is 0 Å². The standard InChI is InChI=1S/C26H54Si6/c1-27(2,3)21-19(22(21,28(4,5)6)23(19,21)29(7,8)9)20-24(30(10,11)12)25(20,31(13,14)15)26(20,24)32(16,17)18/h1-18H3. The predicted octanol–water partition coefficient (Wildman–Crippen LogP) is 9.51. The van der Waals surface area contributed by atoms with Crippen LogP contribution >= 0.6 is 0 Å². The summed E-state index contributed by atoms with van der Waals surface area (Å²) < 4.78 is 0. The Bertz CT molecular complexity index is 798. The fourth-order valence-corrected chi connectivity index (χ4v) is 57.9. The highest BCUT2D eigenvalue weighted by Gasteiger charge is 3.55. The third-order valence-electron chi connectivity index (χ3n) is 13.6. The van der Waals surface area contributed by atoms with Crippen LogP contribution in [0.4, 0.5) is 0 Å². The molecule has 0 amide bonds. The third kappa shape index (κ3) is 1.18. The Kier molecular flexibility index (Phi) is 3.22. The lowest BCUT2D eigenvalue weighted by molar-refractivity contribution is 0.640.